The molecule has 25 heavy (non-hydrogen) atoms. The van der Waals surface area contributed by atoms with Crippen molar-refractivity contribution in [3.05, 3.63) is 71.8 Å². The zero-order chi connectivity index (χ0) is 17.9. The Balaban J connectivity index is 1.93. The highest BCUT2D eigenvalue weighted by Gasteiger charge is 2.21. The van der Waals surface area contributed by atoms with Gasteiger partial charge in [-0.1, -0.05) is 60.7 Å². The molecule has 0 radical (unpaired) electrons. The topological polar surface area (TPSA) is 58.4 Å². The molecule has 2 aromatic carbocycles. The van der Waals surface area contributed by atoms with Gasteiger partial charge < -0.3 is 16.0 Å². The van der Waals surface area contributed by atoms with E-state index < -0.39 is 0 Å². The fraction of sp³-hybridized carbons (Fsp3) is 0.381. The Morgan fingerprint density at radius 1 is 0.960 bits per heavy atom. The Kier molecular flexibility index (Phi) is 8.16. The molecular weight excluding hydrogens is 310 g/mol. The molecule has 2 aromatic rings. The van der Waals surface area contributed by atoms with Crippen molar-refractivity contribution in [2.45, 2.75) is 18.8 Å². The molecule has 3 N–H and O–H groups in total. The van der Waals surface area contributed by atoms with Crippen molar-refractivity contribution < 1.29 is 4.79 Å². The number of benzene rings is 2. The predicted octanol–water partition coefficient (Wildman–Crippen LogP) is 2.61. The molecule has 0 unspecified atom stereocenters. The van der Waals surface area contributed by atoms with Gasteiger partial charge in [0.1, 0.15) is 0 Å². The van der Waals surface area contributed by atoms with Crippen molar-refractivity contribution >= 4 is 5.91 Å². The summed E-state index contributed by atoms with van der Waals surface area (Å²) >= 11 is 0. The first kappa shape index (κ1) is 19.2. The molecule has 2 rings (SSSR count). The molecule has 0 bridgehead atoms. The van der Waals surface area contributed by atoms with E-state index in [4.69, 9.17) is 5.73 Å². The summed E-state index contributed by atoms with van der Waals surface area (Å²) in [4.78, 5) is 15.1. The minimum Gasteiger partial charge on any atom is -0.355 e. The average molecular weight is 339 g/mol. The number of nitrogens with one attached hydrogen (secondary N) is 1. The van der Waals surface area contributed by atoms with Crippen LogP contribution in [0.5, 0.6) is 0 Å². The van der Waals surface area contributed by atoms with Crippen LogP contribution in [0.3, 0.4) is 0 Å². The quantitative estimate of drug-likeness (QED) is 0.654. The molecule has 1 amide bonds. The SMILES string of the molecule is CN(CCCN)CCCNC(=O)C(c1ccccc1)c1ccccc1. The Labute approximate surface area is 151 Å². The van der Waals surface area contributed by atoms with Crippen molar-refractivity contribution in [2.75, 3.05) is 33.2 Å². The van der Waals surface area contributed by atoms with Gasteiger partial charge in [0.05, 0.1) is 5.92 Å². The molecule has 0 aliphatic heterocycles. The number of rotatable bonds is 10. The third-order valence-corrected chi connectivity index (χ3v) is 4.29. The smallest absolute Gasteiger partial charge is 0.232 e. The van der Waals surface area contributed by atoms with Crippen molar-refractivity contribution in [1.82, 2.24) is 10.2 Å². The van der Waals surface area contributed by atoms with Gasteiger partial charge >= 0.3 is 0 Å². The molecule has 0 aromatic heterocycles. The highest BCUT2D eigenvalue weighted by Crippen LogP contribution is 2.24. The summed E-state index contributed by atoms with van der Waals surface area (Å²) in [6.45, 7) is 3.36. The molecule has 0 aliphatic rings. The number of hydrogen-bond acceptors (Lipinski definition) is 3. The number of carbonyl (C=O) groups is 1. The summed E-state index contributed by atoms with van der Waals surface area (Å²) in [7, 11) is 2.09. The third-order valence-electron chi connectivity index (χ3n) is 4.29. The maximum atomic E-state index is 12.8. The van der Waals surface area contributed by atoms with Gasteiger partial charge in [-0.15, -0.1) is 0 Å². The van der Waals surface area contributed by atoms with E-state index in [1.807, 2.05) is 60.7 Å². The second kappa shape index (κ2) is 10.6. The number of amides is 1. The zero-order valence-corrected chi connectivity index (χ0v) is 15.0. The fourth-order valence-corrected chi connectivity index (χ4v) is 2.92. The molecule has 0 saturated carbocycles. The van der Waals surface area contributed by atoms with Crippen molar-refractivity contribution in [1.29, 1.82) is 0 Å². The van der Waals surface area contributed by atoms with Gasteiger partial charge in [0, 0.05) is 6.54 Å². The van der Waals surface area contributed by atoms with Crippen LogP contribution in [-0.2, 0) is 4.79 Å². The second-order valence-electron chi connectivity index (χ2n) is 6.34. The number of nitrogens with zero attached hydrogens (tertiary/aromatic N) is 1. The van der Waals surface area contributed by atoms with Gasteiger partial charge in [-0.25, -0.2) is 0 Å². The van der Waals surface area contributed by atoms with Gasteiger partial charge in [0.25, 0.3) is 0 Å². The van der Waals surface area contributed by atoms with Gasteiger partial charge in [0.2, 0.25) is 5.91 Å². The second-order valence-corrected chi connectivity index (χ2v) is 6.34. The van der Waals surface area contributed by atoms with Crippen LogP contribution >= 0.6 is 0 Å². The molecule has 134 valence electrons. The number of hydrogen-bond donors (Lipinski definition) is 2. The van der Waals surface area contributed by atoms with Crippen LogP contribution in [0.15, 0.2) is 60.7 Å². The molecule has 0 aliphatic carbocycles. The molecule has 0 fully saturated rings. The lowest BCUT2D eigenvalue weighted by molar-refractivity contribution is -0.121. The number of nitrogens with two attached hydrogens (primary N) is 1. The van der Waals surface area contributed by atoms with Crippen LogP contribution in [-0.4, -0.2) is 44.0 Å². The predicted molar refractivity (Wildman–Crippen MR) is 104 cm³/mol. The molecular formula is C21H29N3O. The van der Waals surface area contributed by atoms with Crippen LogP contribution in [0, 0.1) is 0 Å². The van der Waals surface area contributed by atoms with E-state index in [0.717, 1.165) is 43.6 Å². The van der Waals surface area contributed by atoms with Crippen molar-refractivity contribution in [2.24, 2.45) is 5.73 Å². The summed E-state index contributed by atoms with van der Waals surface area (Å²) < 4.78 is 0. The number of carbonyl (C=O) groups excluding carboxylic acids is 1. The molecule has 4 nitrogen and oxygen atoms in total. The van der Waals surface area contributed by atoms with E-state index in [2.05, 4.69) is 17.3 Å². The monoisotopic (exact) mass is 339 g/mol. The Hall–Kier alpha value is -2.17. The lowest BCUT2D eigenvalue weighted by Gasteiger charge is -2.19. The third kappa shape index (κ3) is 6.33. The average Bonchev–Trinajstić information content (AvgIpc) is 2.65. The van der Waals surface area contributed by atoms with Gasteiger partial charge in [-0.2, -0.15) is 0 Å². The maximum Gasteiger partial charge on any atom is 0.232 e. The Morgan fingerprint density at radius 2 is 1.48 bits per heavy atom. The summed E-state index contributed by atoms with van der Waals surface area (Å²) in [5.74, 6) is -0.209. The highest BCUT2D eigenvalue weighted by atomic mass is 16.1. The van der Waals surface area contributed by atoms with Gasteiger partial charge in [-0.3, -0.25) is 4.79 Å². The van der Waals surface area contributed by atoms with Crippen molar-refractivity contribution in [3.8, 4) is 0 Å². The summed E-state index contributed by atoms with van der Waals surface area (Å²) in [5.41, 5.74) is 7.57. The molecule has 0 atom stereocenters. The Bertz CT molecular complexity index is 576. The van der Waals surface area contributed by atoms with E-state index in [1.54, 1.807) is 0 Å². The van der Waals surface area contributed by atoms with Gasteiger partial charge in [0.15, 0.2) is 0 Å². The van der Waals surface area contributed by atoms with Gasteiger partial charge in [-0.05, 0) is 50.7 Å². The van der Waals surface area contributed by atoms with E-state index in [-0.39, 0.29) is 11.8 Å². The van der Waals surface area contributed by atoms with E-state index >= 15 is 0 Å². The van der Waals surface area contributed by atoms with Crippen LogP contribution in [0.25, 0.3) is 0 Å². The first-order valence-corrected chi connectivity index (χ1v) is 8.98. The molecule has 0 heterocycles. The fourth-order valence-electron chi connectivity index (χ4n) is 2.92. The highest BCUT2D eigenvalue weighted by molar-refractivity contribution is 5.87. The Morgan fingerprint density at radius 3 is 2.00 bits per heavy atom. The molecule has 0 spiro atoms. The lowest BCUT2D eigenvalue weighted by atomic mass is 9.90. The minimum absolute atomic E-state index is 0.0574. The first-order valence-electron chi connectivity index (χ1n) is 8.98. The minimum atomic E-state index is -0.266. The van der Waals surface area contributed by atoms with Crippen molar-refractivity contribution in [3.63, 3.8) is 0 Å². The van der Waals surface area contributed by atoms with E-state index in [0.29, 0.717) is 6.54 Å². The van der Waals surface area contributed by atoms with Crippen LogP contribution in [0.1, 0.15) is 29.9 Å². The largest absolute Gasteiger partial charge is 0.355 e. The van der Waals surface area contributed by atoms with E-state index in [9.17, 15) is 4.79 Å². The molecule has 0 saturated heterocycles. The van der Waals surface area contributed by atoms with Crippen LogP contribution in [0.4, 0.5) is 0 Å². The molecule has 4 heteroatoms. The first-order chi connectivity index (χ1) is 12.2. The standard InChI is InChI=1S/C21H29N3O/c1-24(16-8-14-22)17-9-15-23-21(25)20(18-10-4-2-5-11-18)19-12-6-3-7-13-19/h2-7,10-13,20H,8-9,14-17,22H2,1H3,(H,23,25). The summed E-state index contributed by atoms with van der Waals surface area (Å²) in [6.07, 6.45) is 1.94. The zero-order valence-electron chi connectivity index (χ0n) is 15.0. The van der Waals surface area contributed by atoms with Crippen LogP contribution < -0.4 is 11.1 Å². The normalized spacial score (nSPS) is 11.0. The maximum absolute atomic E-state index is 12.8. The summed E-state index contributed by atoms with van der Waals surface area (Å²) in [5, 5.41) is 3.10. The lowest BCUT2D eigenvalue weighted by Crippen LogP contribution is -2.33. The van der Waals surface area contributed by atoms with Crippen LogP contribution in [0.2, 0.25) is 0 Å². The summed E-state index contributed by atoms with van der Waals surface area (Å²) in [6, 6.07) is 19.9. The van der Waals surface area contributed by atoms with E-state index in [1.165, 1.54) is 0 Å².